The average Bonchev–Trinajstić information content (AvgIpc) is 3.17. The summed E-state index contributed by atoms with van der Waals surface area (Å²) in [6, 6.07) is 0. The molecule has 22 heavy (non-hydrogen) atoms. The number of rotatable bonds is 10. The first-order valence-electron chi connectivity index (χ1n) is 10.1. The van der Waals surface area contributed by atoms with Gasteiger partial charge in [-0.25, -0.2) is 0 Å². The van der Waals surface area contributed by atoms with Crippen LogP contribution in [0.15, 0.2) is 0 Å². The van der Waals surface area contributed by atoms with Gasteiger partial charge in [-0.1, -0.05) is 59.3 Å². The van der Waals surface area contributed by atoms with Crippen LogP contribution in [0.3, 0.4) is 0 Å². The van der Waals surface area contributed by atoms with Gasteiger partial charge in [0, 0.05) is 5.92 Å². The second-order valence-electron chi connectivity index (χ2n) is 7.60. The molecule has 2 aliphatic heterocycles. The van der Waals surface area contributed by atoms with E-state index in [4.69, 9.17) is 9.47 Å². The van der Waals surface area contributed by atoms with E-state index in [1.807, 2.05) is 0 Å². The van der Waals surface area contributed by atoms with Gasteiger partial charge in [0.2, 0.25) is 0 Å². The Kier molecular flexibility index (Phi) is 8.24. The van der Waals surface area contributed by atoms with Crippen LogP contribution in [-0.2, 0) is 9.47 Å². The Balaban J connectivity index is 1.66. The number of hydrogen-bond acceptors (Lipinski definition) is 2. The van der Waals surface area contributed by atoms with Crippen molar-refractivity contribution in [2.75, 3.05) is 0 Å². The maximum Gasteiger partial charge on any atom is 0.0630 e. The highest BCUT2D eigenvalue weighted by Crippen LogP contribution is 2.35. The molecule has 2 rings (SSSR count). The molecular formula is C20H38O2. The molecule has 2 aliphatic rings. The van der Waals surface area contributed by atoms with Gasteiger partial charge < -0.3 is 9.47 Å². The second kappa shape index (κ2) is 9.93. The van der Waals surface area contributed by atoms with Crippen molar-refractivity contribution in [1.82, 2.24) is 0 Å². The lowest BCUT2D eigenvalue weighted by molar-refractivity contribution is -0.0557. The van der Waals surface area contributed by atoms with Gasteiger partial charge in [0.1, 0.15) is 0 Å². The van der Waals surface area contributed by atoms with Crippen LogP contribution in [0.4, 0.5) is 0 Å². The van der Waals surface area contributed by atoms with Gasteiger partial charge in [0.15, 0.2) is 0 Å². The van der Waals surface area contributed by atoms with E-state index in [1.165, 1.54) is 77.0 Å². The Hall–Kier alpha value is -0.0800. The van der Waals surface area contributed by atoms with Crippen molar-refractivity contribution in [2.45, 2.75) is 122 Å². The molecule has 0 bridgehead atoms. The molecule has 130 valence electrons. The van der Waals surface area contributed by atoms with E-state index in [1.54, 1.807) is 0 Å². The van der Waals surface area contributed by atoms with Crippen LogP contribution < -0.4 is 0 Å². The largest absolute Gasteiger partial charge is 0.375 e. The minimum Gasteiger partial charge on any atom is -0.375 e. The minimum absolute atomic E-state index is 0.450. The first-order chi connectivity index (χ1) is 10.7. The van der Waals surface area contributed by atoms with Gasteiger partial charge in [-0.2, -0.15) is 0 Å². The molecule has 2 heteroatoms. The quantitative estimate of drug-likeness (QED) is 0.469. The van der Waals surface area contributed by atoms with Crippen molar-refractivity contribution >= 4 is 0 Å². The Morgan fingerprint density at radius 2 is 1.18 bits per heavy atom. The third kappa shape index (κ3) is 5.53. The molecule has 0 aromatic carbocycles. The van der Waals surface area contributed by atoms with E-state index in [2.05, 4.69) is 20.8 Å². The zero-order chi connectivity index (χ0) is 15.8. The molecular weight excluding hydrogens is 272 g/mol. The fraction of sp³-hybridized carbons (Fsp3) is 1.00. The van der Waals surface area contributed by atoms with Gasteiger partial charge in [-0.3, -0.25) is 0 Å². The van der Waals surface area contributed by atoms with Crippen molar-refractivity contribution in [3.05, 3.63) is 0 Å². The van der Waals surface area contributed by atoms with Crippen molar-refractivity contribution in [2.24, 2.45) is 5.92 Å². The Labute approximate surface area is 138 Å². The van der Waals surface area contributed by atoms with Crippen LogP contribution in [0.1, 0.15) is 97.8 Å². The van der Waals surface area contributed by atoms with E-state index in [0.29, 0.717) is 30.3 Å². The lowest BCUT2D eigenvalue weighted by atomic mass is 9.93. The highest BCUT2D eigenvalue weighted by molar-refractivity contribution is 4.85. The van der Waals surface area contributed by atoms with Gasteiger partial charge >= 0.3 is 0 Å². The minimum atomic E-state index is 0.450. The van der Waals surface area contributed by atoms with Crippen molar-refractivity contribution in [3.8, 4) is 0 Å². The van der Waals surface area contributed by atoms with Gasteiger partial charge in [0.05, 0.1) is 24.4 Å². The summed E-state index contributed by atoms with van der Waals surface area (Å²) in [5.74, 6) is 0.576. The van der Waals surface area contributed by atoms with Gasteiger partial charge in [-0.05, 0) is 38.5 Å². The van der Waals surface area contributed by atoms with Crippen LogP contribution in [0, 0.1) is 5.92 Å². The number of hydrogen-bond donors (Lipinski definition) is 0. The lowest BCUT2D eigenvalue weighted by Gasteiger charge is -2.26. The van der Waals surface area contributed by atoms with Crippen molar-refractivity contribution < 1.29 is 9.47 Å². The number of unbranched alkanes of at least 4 members (excludes halogenated alkanes) is 4. The molecule has 2 nitrogen and oxygen atoms in total. The maximum atomic E-state index is 6.34. The van der Waals surface area contributed by atoms with Crippen LogP contribution >= 0.6 is 0 Å². The van der Waals surface area contributed by atoms with Crippen molar-refractivity contribution in [3.63, 3.8) is 0 Å². The summed E-state index contributed by atoms with van der Waals surface area (Å²) < 4.78 is 12.7. The summed E-state index contributed by atoms with van der Waals surface area (Å²) in [4.78, 5) is 0. The molecule has 0 saturated carbocycles. The summed E-state index contributed by atoms with van der Waals surface area (Å²) in [6.45, 7) is 6.90. The summed E-state index contributed by atoms with van der Waals surface area (Å²) in [5.41, 5.74) is 0. The smallest absolute Gasteiger partial charge is 0.0630 e. The fourth-order valence-electron chi connectivity index (χ4n) is 4.15. The van der Waals surface area contributed by atoms with Crippen LogP contribution in [0.2, 0.25) is 0 Å². The molecule has 0 N–H and O–H groups in total. The van der Waals surface area contributed by atoms with E-state index in [0.717, 1.165) is 0 Å². The van der Waals surface area contributed by atoms with Crippen molar-refractivity contribution in [1.29, 1.82) is 0 Å². The topological polar surface area (TPSA) is 18.5 Å². The third-order valence-corrected chi connectivity index (χ3v) is 5.71. The molecule has 2 fully saturated rings. The molecule has 0 aromatic heterocycles. The number of ether oxygens (including phenoxy) is 2. The Bertz CT molecular complexity index is 263. The molecule has 2 saturated heterocycles. The van der Waals surface area contributed by atoms with Crippen LogP contribution in [0.25, 0.3) is 0 Å². The molecule has 0 spiro atoms. The Morgan fingerprint density at radius 1 is 0.727 bits per heavy atom. The highest BCUT2D eigenvalue weighted by Gasteiger charge is 2.37. The van der Waals surface area contributed by atoms with Crippen LogP contribution in [0.5, 0.6) is 0 Å². The SMILES string of the molecule is CCCCCC1CCC(C(C)C2CCC(CCCCC)O2)O1. The van der Waals surface area contributed by atoms with E-state index in [9.17, 15) is 0 Å². The predicted octanol–water partition coefficient (Wildman–Crippen LogP) is 5.88. The van der Waals surface area contributed by atoms with Gasteiger partial charge in [-0.15, -0.1) is 0 Å². The molecule has 0 radical (unpaired) electrons. The summed E-state index contributed by atoms with van der Waals surface area (Å²) in [7, 11) is 0. The van der Waals surface area contributed by atoms with Gasteiger partial charge in [0.25, 0.3) is 0 Å². The molecule has 0 aromatic rings. The first-order valence-corrected chi connectivity index (χ1v) is 10.1. The molecule has 0 amide bonds. The summed E-state index contributed by atoms with van der Waals surface area (Å²) in [5, 5.41) is 0. The monoisotopic (exact) mass is 310 g/mol. The molecule has 4 atom stereocenters. The lowest BCUT2D eigenvalue weighted by Crippen LogP contribution is -2.30. The highest BCUT2D eigenvalue weighted by atomic mass is 16.5. The average molecular weight is 311 g/mol. The molecule has 0 aliphatic carbocycles. The van der Waals surface area contributed by atoms with E-state index >= 15 is 0 Å². The summed E-state index contributed by atoms with van der Waals surface area (Å²) >= 11 is 0. The van der Waals surface area contributed by atoms with E-state index in [-0.39, 0.29) is 0 Å². The predicted molar refractivity (Wildman–Crippen MR) is 93.2 cm³/mol. The fourth-order valence-corrected chi connectivity index (χ4v) is 4.15. The second-order valence-corrected chi connectivity index (χ2v) is 7.60. The molecule has 2 heterocycles. The van der Waals surface area contributed by atoms with Crippen LogP contribution in [-0.4, -0.2) is 24.4 Å². The molecule has 4 unspecified atom stereocenters. The summed E-state index contributed by atoms with van der Waals surface area (Å²) in [6.07, 6.45) is 17.5. The Morgan fingerprint density at radius 3 is 1.59 bits per heavy atom. The third-order valence-electron chi connectivity index (χ3n) is 5.71. The maximum absolute atomic E-state index is 6.34. The van der Waals surface area contributed by atoms with E-state index < -0.39 is 0 Å². The normalized spacial score (nSPS) is 33.4. The first kappa shape index (κ1) is 18.3. The zero-order valence-corrected chi connectivity index (χ0v) is 15.2. The zero-order valence-electron chi connectivity index (χ0n) is 15.2. The standard InChI is InChI=1S/C20H38O2/c1-4-6-8-10-17-12-14-19(21-17)16(3)20-15-13-18(22-20)11-9-7-5-2/h16-20H,4-15H2,1-3H3.